The molecule has 6 N–H and O–H groups in total. The molecule has 1 aliphatic carbocycles. The monoisotopic (exact) mass is 552 g/mol. The standard InChI is InChI=1S/C26H32O13/c1-11-17-18(20(31)23(11)38-16(29)8-5-12-3-6-13(28)7-4-12)14(24(34)35-2)10-36-25(17)39-26-22(33)21(32)19(30)15(9-27)37-26/h3-8,10-11,15,17-23,25-28,30-33H,9H2,1-2H3/t11-,15-,17+,18-,19+,20-,21+,22+,23+,25+,26-/m0/s1. The van der Waals surface area contributed by atoms with Crippen molar-refractivity contribution >= 4 is 18.0 Å². The van der Waals surface area contributed by atoms with Gasteiger partial charge in [0.1, 0.15) is 36.3 Å². The van der Waals surface area contributed by atoms with Crippen molar-refractivity contribution in [2.75, 3.05) is 13.7 Å². The molecule has 1 saturated heterocycles. The van der Waals surface area contributed by atoms with Crippen LogP contribution < -0.4 is 0 Å². The highest BCUT2D eigenvalue weighted by Gasteiger charge is 2.59. The number of benzene rings is 1. The number of esters is 2. The minimum absolute atomic E-state index is 0.0197. The van der Waals surface area contributed by atoms with E-state index in [4.69, 9.17) is 23.7 Å². The van der Waals surface area contributed by atoms with Crippen LogP contribution in [-0.2, 0) is 33.3 Å². The lowest BCUT2D eigenvalue weighted by atomic mass is 9.82. The van der Waals surface area contributed by atoms with E-state index in [0.717, 1.165) is 19.4 Å². The first-order valence-electron chi connectivity index (χ1n) is 12.3. The maximum Gasteiger partial charge on any atom is 0.337 e. The molecule has 2 heterocycles. The Morgan fingerprint density at radius 1 is 1.00 bits per heavy atom. The quantitative estimate of drug-likeness (QED) is 0.174. The molecule has 0 bridgehead atoms. The number of rotatable bonds is 7. The first kappa shape index (κ1) is 29.0. The van der Waals surface area contributed by atoms with Gasteiger partial charge in [0.15, 0.2) is 6.29 Å². The Morgan fingerprint density at radius 2 is 1.69 bits per heavy atom. The normalized spacial score (nSPS) is 38.0. The van der Waals surface area contributed by atoms with Crippen LogP contribution in [0.15, 0.2) is 42.2 Å². The Hall–Kier alpha value is -3.04. The SMILES string of the molecule is COC(=O)C1=CO[C@H](O[C@@H]2O[C@@H](CO)[C@@H](O)[C@@H](O)[C@H]2O)[C@@H]2[C@H](C)[C@@H](OC(=O)C=Cc3ccc(O)cc3)[C@@H](O)[C@@H]12. The maximum absolute atomic E-state index is 12.6. The minimum atomic E-state index is -1.71. The number of carbonyl (C=O) groups is 2. The van der Waals surface area contributed by atoms with Crippen LogP contribution in [0.3, 0.4) is 0 Å². The summed E-state index contributed by atoms with van der Waals surface area (Å²) in [6.45, 7) is 0.988. The molecular formula is C26H32O13. The summed E-state index contributed by atoms with van der Waals surface area (Å²) in [5.41, 5.74) is 0.601. The molecule has 3 aliphatic rings. The summed E-state index contributed by atoms with van der Waals surface area (Å²) in [4.78, 5) is 25.1. The number of methoxy groups -OCH3 is 1. The number of fused-ring (bicyclic) bond motifs is 1. The van der Waals surface area contributed by atoms with E-state index < -0.39 is 85.5 Å². The van der Waals surface area contributed by atoms with Gasteiger partial charge in [-0.05, 0) is 23.8 Å². The van der Waals surface area contributed by atoms with Gasteiger partial charge in [-0.1, -0.05) is 19.1 Å². The predicted octanol–water partition coefficient (Wildman–Crippen LogP) is -1.21. The van der Waals surface area contributed by atoms with Crippen LogP contribution in [-0.4, -0.2) is 105 Å². The third-order valence-electron chi connectivity index (χ3n) is 7.34. The fourth-order valence-corrected chi connectivity index (χ4v) is 5.24. The number of aromatic hydroxyl groups is 1. The van der Waals surface area contributed by atoms with Crippen molar-refractivity contribution in [3.63, 3.8) is 0 Å². The molecule has 4 rings (SSSR count). The zero-order valence-corrected chi connectivity index (χ0v) is 21.1. The summed E-state index contributed by atoms with van der Waals surface area (Å²) >= 11 is 0. The Balaban J connectivity index is 1.54. The Morgan fingerprint density at radius 3 is 2.33 bits per heavy atom. The van der Waals surface area contributed by atoms with Gasteiger partial charge in [-0.15, -0.1) is 0 Å². The molecular weight excluding hydrogens is 520 g/mol. The second-order valence-electron chi connectivity index (χ2n) is 9.68. The second kappa shape index (κ2) is 12.0. The molecule has 214 valence electrons. The molecule has 0 spiro atoms. The predicted molar refractivity (Wildman–Crippen MR) is 129 cm³/mol. The number of aliphatic hydroxyl groups is 5. The largest absolute Gasteiger partial charge is 0.508 e. The zero-order valence-electron chi connectivity index (χ0n) is 21.1. The van der Waals surface area contributed by atoms with Crippen LogP contribution in [0.4, 0.5) is 0 Å². The average Bonchev–Trinajstić information content (AvgIpc) is 3.18. The van der Waals surface area contributed by atoms with Gasteiger partial charge in [-0.3, -0.25) is 0 Å². The van der Waals surface area contributed by atoms with Crippen molar-refractivity contribution in [3.05, 3.63) is 47.7 Å². The molecule has 1 saturated carbocycles. The van der Waals surface area contributed by atoms with Gasteiger partial charge in [0.2, 0.25) is 6.29 Å². The van der Waals surface area contributed by atoms with E-state index in [2.05, 4.69) is 0 Å². The van der Waals surface area contributed by atoms with Gasteiger partial charge in [0, 0.05) is 23.8 Å². The molecule has 2 aliphatic heterocycles. The highest BCUT2D eigenvalue weighted by Crippen LogP contribution is 2.49. The van der Waals surface area contributed by atoms with Gasteiger partial charge in [0.05, 0.1) is 31.7 Å². The van der Waals surface area contributed by atoms with Gasteiger partial charge in [-0.25, -0.2) is 9.59 Å². The van der Waals surface area contributed by atoms with Gasteiger partial charge >= 0.3 is 11.9 Å². The van der Waals surface area contributed by atoms with E-state index in [1.807, 2.05) is 0 Å². The fraction of sp³-hybridized carbons (Fsp3) is 0.538. The molecule has 39 heavy (non-hydrogen) atoms. The zero-order chi connectivity index (χ0) is 28.4. The van der Waals surface area contributed by atoms with Crippen molar-refractivity contribution < 1.29 is 63.9 Å². The highest BCUT2D eigenvalue weighted by atomic mass is 16.8. The van der Waals surface area contributed by atoms with Crippen LogP contribution in [0.5, 0.6) is 5.75 Å². The number of carbonyl (C=O) groups excluding carboxylic acids is 2. The fourth-order valence-electron chi connectivity index (χ4n) is 5.24. The van der Waals surface area contributed by atoms with E-state index >= 15 is 0 Å². The van der Waals surface area contributed by atoms with Crippen molar-refractivity contribution in [3.8, 4) is 5.75 Å². The molecule has 0 aromatic heterocycles. The first-order chi connectivity index (χ1) is 18.6. The summed E-state index contributed by atoms with van der Waals surface area (Å²) < 4.78 is 27.2. The number of aliphatic hydroxyl groups excluding tert-OH is 5. The minimum Gasteiger partial charge on any atom is -0.508 e. The van der Waals surface area contributed by atoms with Gasteiger partial charge < -0.3 is 54.3 Å². The number of ether oxygens (including phenoxy) is 5. The third kappa shape index (κ3) is 5.79. The van der Waals surface area contributed by atoms with Crippen LogP contribution in [0, 0.1) is 17.8 Å². The topological polar surface area (TPSA) is 202 Å². The van der Waals surface area contributed by atoms with Crippen molar-refractivity contribution in [2.45, 2.75) is 56.1 Å². The molecule has 2 fully saturated rings. The van der Waals surface area contributed by atoms with Gasteiger partial charge in [0.25, 0.3) is 0 Å². The van der Waals surface area contributed by atoms with E-state index in [0.29, 0.717) is 5.56 Å². The maximum atomic E-state index is 12.6. The summed E-state index contributed by atoms with van der Waals surface area (Å²) in [5.74, 6) is -3.91. The molecule has 13 heteroatoms. The Bertz CT molecular complexity index is 1080. The molecule has 1 aromatic carbocycles. The average molecular weight is 553 g/mol. The summed E-state index contributed by atoms with van der Waals surface area (Å²) in [7, 11) is 1.16. The van der Waals surface area contributed by atoms with Crippen LogP contribution in [0.2, 0.25) is 0 Å². The lowest BCUT2D eigenvalue weighted by Gasteiger charge is -2.43. The number of phenols is 1. The highest BCUT2D eigenvalue weighted by molar-refractivity contribution is 5.89. The van der Waals surface area contributed by atoms with Crippen LogP contribution in [0.1, 0.15) is 12.5 Å². The molecule has 0 amide bonds. The van der Waals surface area contributed by atoms with Crippen LogP contribution >= 0.6 is 0 Å². The second-order valence-corrected chi connectivity index (χ2v) is 9.68. The number of hydrogen-bond donors (Lipinski definition) is 6. The molecule has 11 atom stereocenters. The van der Waals surface area contributed by atoms with E-state index in [-0.39, 0.29) is 11.3 Å². The Labute approximate surface area is 223 Å². The molecule has 0 radical (unpaired) electrons. The summed E-state index contributed by atoms with van der Waals surface area (Å²) in [6, 6.07) is 6.09. The lowest BCUT2D eigenvalue weighted by Crippen LogP contribution is -2.60. The number of hydrogen-bond acceptors (Lipinski definition) is 13. The lowest BCUT2D eigenvalue weighted by molar-refractivity contribution is -0.343. The van der Waals surface area contributed by atoms with E-state index in [1.165, 1.54) is 18.2 Å². The van der Waals surface area contributed by atoms with Crippen molar-refractivity contribution in [1.29, 1.82) is 0 Å². The smallest absolute Gasteiger partial charge is 0.337 e. The molecule has 0 unspecified atom stereocenters. The summed E-state index contributed by atoms with van der Waals surface area (Å²) in [5, 5.41) is 60.6. The van der Waals surface area contributed by atoms with Gasteiger partial charge in [-0.2, -0.15) is 0 Å². The first-order valence-corrected chi connectivity index (χ1v) is 12.3. The third-order valence-corrected chi connectivity index (χ3v) is 7.34. The van der Waals surface area contributed by atoms with E-state index in [1.54, 1.807) is 19.1 Å². The van der Waals surface area contributed by atoms with Crippen LogP contribution in [0.25, 0.3) is 6.08 Å². The van der Waals surface area contributed by atoms with Crippen molar-refractivity contribution in [2.24, 2.45) is 17.8 Å². The van der Waals surface area contributed by atoms with Crippen molar-refractivity contribution in [1.82, 2.24) is 0 Å². The van der Waals surface area contributed by atoms with E-state index in [9.17, 15) is 40.2 Å². The number of phenolic OH excluding ortho intramolecular Hbond substituents is 1. The summed E-state index contributed by atoms with van der Waals surface area (Å²) in [6.07, 6.45) is -7.83. The molecule has 1 aromatic rings. The molecule has 13 nitrogen and oxygen atoms in total. The Kier molecular flexibility index (Phi) is 8.91.